The zero-order valence-electron chi connectivity index (χ0n) is 57.2. The van der Waals surface area contributed by atoms with Crippen molar-refractivity contribution < 1.29 is 116 Å². The molecule has 2 fully saturated rings. The van der Waals surface area contributed by atoms with Crippen molar-refractivity contribution in [1.82, 2.24) is 19.9 Å². The first kappa shape index (κ1) is 93.2. The van der Waals surface area contributed by atoms with Crippen molar-refractivity contribution in [3.63, 3.8) is 0 Å². The summed E-state index contributed by atoms with van der Waals surface area (Å²) < 4.78 is 21.9. The molecule has 0 aromatic rings. The minimum atomic E-state index is -0.666. The van der Waals surface area contributed by atoms with Crippen molar-refractivity contribution in [3.8, 4) is 0 Å². The number of nitrogens with two attached hydrogens (primary N) is 4. The quantitative estimate of drug-likeness (QED) is 0.0239. The van der Waals surface area contributed by atoms with Gasteiger partial charge in [-0.2, -0.15) is 0 Å². The van der Waals surface area contributed by atoms with Gasteiger partial charge in [-0.25, -0.2) is 9.59 Å². The second-order valence-electron chi connectivity index (χ2n) is 22.8. The number of ether oxygens (including phenoxy) is 4. The van der Waals surface area contributed by atoms with Crippen LogP contribution in [0.5, 0.6) is 0 Å². The summed E-state index contributed by atoms with van der Waals surface area (Å²) in [5, 5.41) is 37.9. The highest BCUT2D eigenvalue weighted by molar-refractivity contribution is 6.13. The molecule has 0 aliphatic carbocycles. The van der Waals surface area contributed by atoms with Crippen molar-refractivity contribution in [2.24, 2.45) is 33.8 Å². The number of hydrogen-bond donors (Lipinski definition) is 8. The topological polar surface area (TPSA) is 492 Å². The average Bonchev–Trinajstić information content (AvgIpc) is 1.13. The largest absolute Gasteiger partial charge is 0.396 e. The van der Waals surface area contributed by atoms with Crippen LogP contribution in [0.3, 0.4) is 0 Å². The molecule has 4 rings (SSSR count). The second kappa shape index (κ2) is 62.4. The van der Waals surface area contributed by atoms with Crippen LogP contribution < -0.4 is 22.9 Å². The van der Waals surface area contributed by atoms with Gasteiger partial charge in [0.05, 0.1) is 26.4 Å². The third kappa shape index (κ3) is 45.7. The van der Waals surface area contributed by atoms with E-state index in [9.17, 15) is 87.5 Å². The van der Waals surface area contributed by atoms with Crippen molar-refractivity contribution in [3.05, 3.63) is 24.3 Å². The van der Waals surface area contributed by atoms with E-state index in [2.05, 4.69) is 9.68 Å². The van der Waals surface area contributed by atoms with E-state index >= 15 is 0 Å². The highest BCUT2D eigenvalue weighted by atomic mass is 16.7. The molecule has 4 heterocycles. The number of imide groups is 4. The fraction of sp³-hybridized carbons (Fsp3) is 0.727. The van der Waals surface area contributed by atoms with E-state index in [4.69, 9.17) is 41.9 Å². The van der Waals surface area contributed by atoms with Crippen LogP contribution in [0.2, 0.25) is 0 Å². The van der Waals surface area contributed by atoms with Crippen molar-refractivity contribution in [2.45, 2.75) is 180 Å². The third-order valence-electron chi connectivity index (χ3n) is 15.0. The number of unbranched alkanes of at least 4 members (excludes halogenated alkanes) is 2. The smallest absolute Gasteiger partial charge is 0.333 e. The maximum absolute atomic E-state index is 11.1. The Bertz CT molecular complexity index is 2090. The number of aldehydes is 4. The van der Waals surface area contributed by atoms with E-state index in [0.29, 0.717) is 101 Å². The fourth-order valence-corrected chi connectivity index (χ4v) is 10.2. The molecule has 8 amide bonds. The van der Waals surface area contributed by atoms with E-state index in [-0.39, 0.29) is 138 Å². The number of nitrogens with zero attached hydrogens (tertiary/aromatic N) is 4. The van der Waals surface area contributed by atoms with E-state index < -0.39 is 35.6 Å². The normalized spacial score (nSPS) is 14.0. The number of aliphatic hydroxyl groups is 4. The molecular formula is C66H112N8O24. The van der Waals surface area contributed by atoms with Crippen LogP contribution in [0.15, 0.2) is 24.3 Å². The highest BCUT2D eigenvalue weighted by Crippen LogP contribution is 2.41. The van der Waals surface area contributed by atoms with Gasteiger partial charge in [-0.3, -0.25) is 48.2 Å². The molecular weight excluding hydrogens is 1290 g/mol. The maximum Gasteiger partial charge on any atom is 0.333 e. The Balaban J connectivity index is 0. The number of carbonyl (C=O) groups excluding carboxylic acids is 14. The van der Waals surface area contributed by atoms with E-state index in [1.54, 1.807) is 0 Å². The molecule has 0 atom stereocenters. The maximum atomic E-state index is 11.1. The van der Waals surface area contributed by atoms with Gasteiger partial charge in [0.15, 0.2) is 0 Å². The molecule has 0 bridgehead atoms. The molecule has 0 saturated carbocycles. The van der Waals surface area contributed by atoms with Gasteiger partial charge in [-0.15, -0.1) is 10.1 Å². The SMILES string of the molecule is NCCOCCCC(CCCO)(CCCO)CCCOCCN.NCCOCCCC(CCCO)(CCCO)CCCOCCN.O=CCCCC(=O)ON1C(=O)CCC1=O.O=CCCCC(=O)ON1C(=O)CCC1=O.O=CCCN1C(=O)C=CC1=O.O=CCCN1C(=O)C=CC1=O. The standard InChI is InChI=1S/2C17H38N2O4.2C9H11NO5.2C7H7NO3/c2*18-9-15-22-13-3-7-17(5-1-11-20,6-2-12-21)8-4-14-23-16-10-19;2*11-6-2-1-3-9(14)15-10-7(12)4-5-8(10)13;2*9-5-1-4-8-6(10)2-3-7(8)11/h2*20-21H,1-16,18-19H2;2*6H,1-5H2;2*2-3,5H,1,4H2. The fourth-order valence-electron chi connectivity index (χ4n) is 10.2. The molecule has 2 saturated heterocycles. The molecule has 32 heteroatoms. The Labute approximate surface area is 575 Å². The van der Waals surface area contributed by atoms with Crippen molar-refractivity contribution >= 4 is 84.3 Å². The van der Waals surface area contributed by atoms with E-state index in [1.165, 1.54) is 24.3 Å². The summed E-state index contributed by atoms with van der Waals surface area (Å²) in [6, 6.07) is 0. The minimum Gasteiger partial charge on any atom is -0.396 e. The van der Waals surface area contributed by atoms with Gasteiger partial charge in [-0.1, -0.05) is 0 Å². The van der Waals surface area contributed by atoms with Gasteiger partial charge in [0.1, 0.15) is 25.1 Å². The van der Waals surface area contributed by atoms with Gasteiger partial charge >= 0.3 is 11.9 Å². The number of carbonyl (C=O) groups is 14. The number of amides is 8. The third-order valence-corrected chi connectivity index (χ3v) is 15.0. The number of hydroxylamine groups is 4. The van der Waals surface area contributed by atoms with Gasteiger partial charge in [0, 0.05) is 181 Å². The summed E-state index contributed by atoms with van der Waals surface area (Å²) >= 11 is 0. The monoisotopic (exact) mass is 1400 g/mol. The molecule has 4 aliphatic rings. The first-order valence-corrected chi connectivity index (χ1v) is 33.8. The van der Waals surface area contributed by atoms with Crippen LogP contribution >= 0.6 is 0 Å². The molecule has 4 aliphatic heterocycles. The Kier molecular flexibility index (Phi) is 59.4. The van der Waals surface area contributed by atoms with E-state index in [0.717, 1.165) is 139 Å². The second-order valence-corrected chi connectivity index (χ2v) is 22.8. The Morgan fingerprint density at radius 1 is 0.367 bits per heavy atom. The molecule has 560 valence electrons. The Hall–Kier alpha value is -6.82. The molecule has 0 spiro atoms. The predicted octanol–water partition coefficient (Wildman–Crippen LogP) is 0.984. The van der Waals surface area contributed by atoms with Crippen LogP contribution in [-0.4, -0.2) is 243 Å². The van der Waals surface area contributed by atoms with E-state index in [1.807, 2.05) is 0 Å². The van der Waals surface area contributed by atoms with Gasteiger partial charge in [0.25, 0.3) is 47.3 Å². The first-order valence-electron chi connectivity index (χ1n) is 33.8. The van der Waals surface area contributed by atoms with Gasteiger partial charge in [-0.05, 0) is 126 Å². The summed E-state index contributed by atoms with van der Waals surface area (Å²) in [7, 11) is 0. The van der Waals surface area contributed by atoms with Crippen molar-refractivity contribution in [2.75, 3.05) is 119 Å². The zero-order chi connectivity index (χ0) is 73.5. The molecule has 0 unspecified atom stereocenters. The molecule has 0 aromatic carbocycles. The lowest BCUT2D eigenvalue weighted by molar-refractivity contribution is -0.197. The Morgan fingerprint density at radius 2 is 0.602 bits per heavy atom. The Morgan fingerprint density at radius 3 is 0.816 bits per heavy atom. The summed E-state index contributed by atoms with van der Waals surface area (Å²) in [6.45, 7) is 8.77. The number of hydrogen-bond acceptors (Lipinski definition) is 28. The van der Waals surface area contributed by atoms with Crippen LogP contribution in [0, 0.1) is 10.8 Å². The lowest BCUT2D eigenvalue weighted by Gasteiger charge is -2.34. The lowest BCUT2D eigenvalue weighted by atomic mass is 9.72. The molecule has 32 nitrogen and oxygen atoms in total. The average molecular weight is 1400 g/mol. The van der Waals surface area contributed by atoms with Crippen LogP contribution in [-0.2, 0) is 95.7 Å². The predicted molar refractivity (Wildman–Crippen MR) is 354 cm³/mol. The number of aliphatic hydroxyl groups excluding tert-OH is 4. The molecule has 0 radical (unpaired) electrons. The number of rotatable bonds is 52. The van der Waals surface area contributed by atoms with Crippen LogP contribution in [0.25, 0.3) is 0 Å². The zero-order valence-corrected chi connectivity index (χ0v) is 57.2. The van der Waals surface area contributed by atoms with Gasteiger partial charge in [0.2, 0.25) is 0 Å². The minimum absolute atomic E-state index is 0.0236. The molecule has 12 N–H and O–H groups in total. The van der Waals surface area contributed by atoms with Crippen LogP contribution in [0.4, 0.5) is 0 Å². The molecule has 0 aromatic heterocycles. The summed E-state index contributed by atoms with van der Waals surface area (Å²) in [5.41, 5.74) is 22.0. The van der Waals surface area contributed by atoms with Gasteiger partial charge < -0.3 is 91.2 Å². The summed E-state index contributed by atoms with van der Waals surface area (Å²) in [6.07, 6.45) is 24.9. The first-order chi connectivity index (χ1) is 47.3. The summed E-state index contributed by atoms with van der Waals surface area (Å²) in [5.74, 6) is -4.66. The lowest BCUT2D eigenvalue weighted by Crippen LogP contribution is -2.31. The van der Waals surface area contributed by atoms with Crippen molar-refractivity contribution in [1.29, 1.82) is 0 Å². The summed E-state index contributed by atoms with van der Waals surface area (Å²) in [4.78, 5) is 160. The highest BCUT2D eigenvalue weighted by Gasteiger charge is 2.35. The van der Waals surface area contributed by atoms with Crippen LogP contribution in [0.1, 0.15) is 180 Å². The molecule has 98 heavy (non-hydrogen) atoms.